The topological polar surface area (TPSA) is 143 Å². The lowest BCUT2D eigenvalue weighted by molar-refractivity contribution is 0.0471. The predicted octanol–water partition coefficient (Wildman–Crippen LogP) is 8.14. The predicted molar refractivity (Wildman–Crippen MR) is 192 cm³/mol. The highest BCUT2D eigenvalue weighted by Crippen LogP contribution is 2.28. The van der Waals surface area contributed by atoms with Crippen LogP contribution < -0.4 is 10.6 Å². The molecule has 10 nitrogen and oxygen atoms in total. The number of aromatic nitrogens is 2. The molecule has 256 valence electrons. The Morgan fingerprint density at radius 1 is 0.787 bits per heavy atom. The molecular formula is C34H45BrN4O6S2. The summed E-state index contributed by atoms with van der Waals surface area (Å²) >= 11 is 6.55. The molecule has 0 unspecified atom stereocenters. The van der Waals surface area contributed by atoms with E-state index in [4.69, 9.17) is 9.47 Å². The standard InChI is InChI=1S/C17H22N2O3S.C13H18BrNO3.C4H5NS/c1-11-15(23-10-18-11)13-7-5-12(6-8-13)14(9-20)19-16(21)22-17(2,3)4;1-13(2,3)18-12(17)15-11(8-16)9-4-6-10(14)7-5-9;1-4-2-6-3-5-4/h5-8,10,14,20H,9H2,1-4H3,(H,19,21);4-7,11,16H,8H2,1-3H3,(H,15,17);2-3H,1H3/t14-;11-;/m00./s1. The number of hydrogen-bond donors (Lipinski definition) is 4. The Bertz CT molecular complexity index is 1500. The number of nitrogens with one attached hydrogen (secondary N) is 2. The van der Waals surface area contributed by atoms with E-state index in [9.17, 15) is 19.8 Å². The highest BCUT2D eigenvalue weighted by molar-refractivity contribution is 9.10. The molecule has 13 heteroatoms. The van der Waals surface area contributed by atoms with E-state index in [1.807, 2.05) is 78.8 Å². The van der Waals surface area contributed by atoms with E-state index in [2.05, 4.69) is 36.5 Å². The minimum atomic E-state index is -0.572. The lowest BCUT2D eigenvalue weighted by Gasteiger charge is -2.23. The molecule has 0 spiro atoms. The van der Waals surface area contributed by atoms with Crippen LogP contribution in [0.25, 0.3) is 10.4 Å². The molecule has 0 saturated heterocycles. The zero-order valence-electron chi connectivity index (χ0n) is 28.0. The molecule has 0 aliphatic heterocycles. The van der Waals surface area contributed by atoms with Gasteiger partial charge < -0.3 is 30.3 Å². The van der Waals surface area contributed by atoms with Crippen LogP contribution in [0, 0.1) is 13.8 Å². The van der Waals surface area contributed by atoms with Crippen LogP contribution in [0.15, 0.2) is 69.4 Å². The molecule has 0 fully saturated rings. The molecule has 2 atom stereocenters. The van der Waals surface area contributed by atoms with Crippen molar-refractivity contribution in [1.29, 1.82) is 0 Å². The van der Waals surface area contributed by atoms with Crippen LogP contribution in [-0.2, 0) is 9.47 Å². The molecule has 4 N–H and O–H groups in total. The van der Waals surface area contributed by atoms with Crippen LogP contribution in [0.1, 0.15) is 76.1 Å². The summed E-state index contributed by atoms with van der Waals surface area (Å²) in [6.07, 6.45) is -1.08. The zero-order valence-corrected chi connectivity index (χ0v) is 31.3. The van der Waals surface area contributed by atoms with E-state index in [1.54, 1.807) is 64.2 Å². The number of thiazole rings is 2. The summed E-state index contributed by atoms with van der Waals surface area (Å²) in [5, 5.41) is 26.2. The minimum absolute atomic E-state index is 0.180. The SMILES string of the molecule is CC(C)(C)OC(=O)N[C@@H](CO)c1ccc(Br)cc1.Cc1cscn1.Cc1ncsc1-c1ccc([C@H](CO)NC(=O)OC(C)(C)C)cc1. The fraction of sp³-hybridized carbons (Fsp3) is 0.412. The largest absolute Gasteiger partial charge is 0.444 e. The van der Waals surface area contributed by atoms with Crippen molar-refractivity contribution in [2.24, 2.45) is 0 Å². The number of carbonyl (C=O) groups is 2. The molecule has 47 heavy (non-hydrogen) atoms. The van der Waals surface area contributed by atoms with Crippen molar-refractivity contribution in [3.63, 3.8) is 0 Å². The second kappa shape index (κ2) is 18.8. The average Bonchev–Trinajstić information content (AvgIpc) is 3.65. The van der Waals surface area contributed by atoms with Crippen molar-refractivity contribution in [3.8, 4) is 10.4 Å². The van der Waals surface area contributed by atoms with Crippen LogP contribution >= 0.6 is 38.6 Å². The van der Waals surface area contributed by atoms with Gasteiger partial charge in [-0.3, -0.25) is 4.98 Å². The van der Waals surface area contributed by atoms with Crippen LogP contribution in [0.4, 0.5) is 9.59 Å². The number of aliphatic hydroxyl groups is 2. The highest BCUT2D eigenvalue weighted by Gasteiger charge is 2.21. The number of rotatable bonds is 7. The smallest absolute Gasteiger partial charge is 0.408 e. The third-order valence-corrected chi connectivity index (χ3v) is 8.11. The van der Waals surface area contributed by atoms with E-state index in [-0.39, 0.29) is 13.2 Å². The Morgan fingerprint density at radius 3 is 1.57 bits per heavy atom. The molecular weight excluding hydrogens is 704 g/mol. The molecule has 0 radical (unpaired) electrons. The first-order valence-corrected chi connectivity index (χ1v) is 17.4. The van der Waals surface area contributed by atoms with Gasteiger partial charge in [0.1, 0.15) is 11.2 Å². The van der Waals surface area contributed by atoms with Gasteiger partial charge in [-0.2, -0.15) is 0 Å². The normalized spacial score (nSPS) is 12.3. The molecule has 4 aromatic rings. The van der Waals surface area contributed by atoms with Crippen molar-refractivity contribution < 1.29 is 29.3 Å². The quantitative estimate of drug-likeness (QED) is 0.148. The summed E-state index contributed by atoms with van der Waals surface area (Å²) in [5.74, 6) is 0. The van der Waals surface area contributed by atoms with E-state index < -0.39 is 35.5 Å². The number of aliphatic hydroxyl groups excluding tert-OH is 2. The Morgan fingerprint density at radius 2 is 1.26 bits per heavy atom. The average molecular weight is 750 g/mol. The molecule has 4 rings (SSSR count). The summed E-state index contributed by atoms with van der Waals surface area (Å²) in [7, 11) is 0. The van der Waals surface area contributed by atoms with Gasteiger partial charge in [-0.25, -0.2) is 14.6 Å². The number of benzene rings is 2. The molecule has 0 aliphatic rings. The lowest BCUT2D eigenvalue weighted by atomic mass is 10.0. The number of amides is 2. The highest BCUT2D eigenvalue weighted by atomic mass is 79.9. The van der Waals surface area contributed by atoms with E-state index in [0.717, 1.165) is 37.4 Å². The van der Waals surface area contributed by atoms with E-state index >= 15 is 0 Å². The Kier molecular flexibility index (Phi) is 16.0. The number of halogens is 1. The molecule has 2 aromatic heterocycles. The third kappa shape index (κ3) is 15.4. The van der Waals surface area contributed by atoms with Crippen molar-refractivity contribution >= 4 is 50.8 Å². The molecule has 2 amide bonds. The van der Waals surface area contributed by atoms with Crippen molar-refractivity contribution in [3.05, 3.63) is 91.9 Å². The summed E-state index contributed by atoms with van der Waals surface area (Å²) < 4.78 is 11.3. The van der Waals surface area contributed by atoms with Gasteiger partial charge in [0.05, 0.1) is 46.9 Å². The fourth-order valence-electron chi connectivity index (χ4n) is 3.78. The minimum Gasteiger partial charge on any atom is -0.444 e. The van der Waals surface area contributed by atoms with Crippen LogP contribution in [0.2, 0.25) is 0 Å². The third-order valence-electron chi connectivity index (χ3n) is 5.90. The van der Waals surface area contributed by atoms with Crippen LogP contribution in [-0.4, -0.2) is 56.8 Å². The number of aryl methyl sites for hydroxylation is 2. The number of ether oxygens (including phenoxy) is 2. The number of hydrogen-bond acceptors (Lipinski definition) is 10. The van der Waals surface area contributed by atoms with Gasteiger partial charge in [0.15, 0.2) is 0 Å². The maximum atomic E-state index is 11.8. The molecule has 2 aromatic carbocycles. The van der Waals surface area contributed by atoms with E-state index in [0.29, 0.717) is 0 Å². The maximum Gasteiger partial charge on any atom is 0.408 e. The Labute approximate surface area is 293 Å². The fourth-order valence-corrected chi connectivity index (χ4v) is 5.40. The number of alkyl carbamates (subject to hydrolysis) is 2. The monoisotopic (exact) mass is 748 g/mol. The van der Waals surface area contributed by atoms with Crippen LogP contribution in [0.3, 0.4) is 0 Å². The van der Waals surface area contributed by atoms with Gasteiger partial charge >= 0.3 is 12.2 Å². The first kappa shape index (κ1) is 39.8. The molecule has 0 bridgehead atoms. The summed E-state index contributed by atoms with van der Waals surface area (Å²) in [4.78, 5) is 32.8. The van der Waals surface area contributed by atoms with Gasteiger partial charge in [-0.05, 0) is 84.2 Å². The second-order valence-corrected chi connectivity index (χ2v) is 14.8. The number of carbonyl (C=O) groups excluding carboxylic acids is 2. The van der Waals surface area contributed by atoms with Gasteiger partial charge in [0.2, 0.25) is 0 Å². The van der Waals surface area contributed by atoms with Crippen LogP contribution in [0.5, 0.6) is 0 Å². The summed E-state index contributed by atoms with van der Waals surface area (Å²) in [5.41, 5.74) is 7.35. The van der Waals surface area contributed by atoms with Crippen molar-refractivity contribution in [1.82, 2.24) is 20.6 Å². The lowest BCUT2D eigenvalue weighted by Crippen LogP contribution is -2.36. The molecule has 0 saturated carbocycles. The van der Waals surface area contributed by atoms with E-state index in [1.165, 1.54) is 0 Å². The first-order chi connectivity index (χ1) is 22.0. The van der Waals surface area contributed by atoms with Crippen molar-refractivity contribution in [2.75, 3.05) is 13.2 Å². The number of nitrogens with zero attached hydrogens (tertiary/aromatic N) is 2. The van der Waals surface area contributed by atoms with Gasteiger partial charge in [0.25, 0.3) is 0 Å². The van der Waals surface area contributed by atoms with Gasteiger partial charge in [-0.15, -0.1) is 22.7 Å². The first-order valence-electron chi connectivity index (χ1n) is 14.8. The van der Waals surface area contributed by atoms with Gasteiger partial charge in [-0.1, -0.05) is 52.3 Å². The summed E-state index contributed by atoms with van der Waals surface area (Å²) in [6, 6.07) is 14.1. The zero-order chi connectivity index (χ0) is 35.2. The second-order valence-electron chi connectivity index (χ2n) is 12.3. The van der Waals surface area contributed by atoms with Gasteiger partial charge in [0, 0.05) is 15.5 Å². The molecule has 2 heterocycles. The summed E-state index contributed by atoms with van der Waals surface area (Å²) in [6.45, 7) is 14.3. The molecule has 0 aliphatic carbocycles. The Hall–Kier alpha value is -3.36. The van der Waals surface area contributed by atoms with Crippen molar-refractivity contribution in [2.45, 2.75) is 78.7 Å². The Balaban J connectivity index is 0.000000283. The maximum absolute atomic E-state index is 11.8.